The molecule has 8 heteroatoms. The highest BCUT2D eigenvalue weighted by molar-refractivity contribution is 7.92. The Balaban J connectivity index is 1.44. The zero-order chi connectivity index (χ0) is 21.0. The number of carbonyl (C=O) groups is 1. The van der Waals surface area contributed by atoms with Crippen LogP contribution in [0.25, 0.3) is 0 Å². The van der Waals surface area contributed by atoms with E-state index in [1.165, 1.54) is 12.1 Å². The Bertz CT molecular complexity index is 1160. The minimum absolute atomic E-state index is 0.0632. The summed E-state index contributed by atoms with van der Waals surface area (Å²) in [6.45, 7) is 0.664. The maximum absolute atomic E-state index is 12.7. The van der Waals surface area contributed by atoms with Crippen LogP contribution in [0.15, 0.2) is 94.0 Å². The molecule has 0 radical (unpaired) electrons. The molecule has 1 heterocycles. The third-order valence-electron chi connectivity index (χ3n) is 4.69. The Labute approximate surface area is 175 Å². The van der Waals surface area contributed by atoms with Crippen molar-refractivity contribution in [3.05, 3.63) is 78.9 Å². The lowest BCUT2D eigenvalue weighted by atomic mass is 10.3. The number of benzene rings is 3. The summed E-state index contributed by atoms with van der Waals surface area (Å²) >= 11 is 0. The first kappa shape index (κ1) is 19.8. The van der Waals surface area contributed by atoms with Crippen LogP contribution in [-0.4, -0.2) is 20.9 Å². The van der Waals surface area contributed by atoms with Gasteiger partial charge in [-0.25, -0.2) is 8.42 Å². The Morgan fingerprint density at radius 3 is 2.03 bits per heavy atom. The fourth-order valence-electron chi connectivity index (χ4n) is 3.15. The molecule has 3 aromatic rings. The van der Waals surface area contributed by atoms with Gasteiger partial charge in [0.05, 0.1) is 16.3 Å². The van der Waals surface area contributed by atoms with Crippen LogP contribution >= 0.6 is 0 Å². The Morgan fingerprint density at radius 1 is 0.800 bits per heavy atom. The van der Waals surface area contributed by atoms with Crippen LogP contribution in [-0.2, 0) is 14.8 Å². The van der Waals surface area contributed by atoms with Gasteiger partial charge in [-0.2, -0.15) is 10.2 Å². The molecule has 0 aliphatic carbocycles. The van der Waals surface area contributed by atoms with Crippen LogP contribution in [0.5, 0.6) is 0 Å². The van der Waals surface area contributed by atoms with E-state index in [2.05, 4.69) is 15.0 Å². The predicted octanol–water partition coefficient (Wildman–Crippen LogP) is 5.03. The van der Waals surface area contributed by atoms with E-state index in [-0.39, 0.29) is 10.8 Å². The third-order valence-corrected chi connectivity index (χ3v) is 6.09. The molecule has 0 atom stereocenters. The predicted molar refractivity (Wildman–Crippen MR) is 116 cm³/mol. The quantitative estimate of drug-likeness (QED) is 0.567. The molecule has 0 unspecified atom stereocenters. The van der Waals surface area contributed by atoms with Gasteiger partial charge in [-0.3, -0.25) is 9.52 Å². The van der Waals surface area contributed by atoms with Gasteiger partial charge in [0, 0.05) is 24.3 Å². The van der Waals surface area contributed by atoms with E-state index in [1.807, 2.05) is 30.3 Å². The molecule has 1 N–H and O–H groups in total. The van der Waals surface area contributed by atoms with Crippen molar-refractivity contribution in [3.8, 4) is 0 Å². The second kappa shape index (κ2) is 8.46. The lowest BCUT2D eigenvalue weighted by Gasteiger charge is -2.16. The van der Waals surface area contributed by atoms with Gasteiger partial charge >= 0.3 is 0 Å². The van der Waals surface area contributed by atoms with E-state index in [4.69, 9.17) is 0 Å². The van der Waals surface area contributed by atoms with Gasteiger partial charge in [0.1, 0.15) is 0 Å². The van der Waals surface area contributed by atoms with E-state index in [0.717, 1.165) is 12.1 Å². The Hall–Kier alpha value is -3.52. The standard InChI is InChI=1S/C22H20N4O3S/c27-22-7-4-16-26(22)20-12-14-21(15-13-20)30(28,29)25-19-10-8-18(9-11-19)24-23-17-5-2-1-3-6-17/h1-3,5-6,8-15,25H,4,7,16H2. The highest BCUT2D eigenvalue weighted by Gasteiger charge is 2.22. The summed E-state index contributed by atoms with van der Waals surface area (Å²) in [7, 11) is -3.74. The van der Waals surface area contributed by atoms with E-state index < -0.39 is 10.0 Å². The molecule has 0 saturated carbocycles. The van der Waals surface area contributed by atoms with Crippen LogP contribution in [0.4, 0.5) is 22.7 Å². The van der Waals surface area contributed by atoms with Gasteiger partial charge in [-0.05, 0) is 67.1 Å². The average molecular weight is 420 g/mol. The molecule has 1 fully saturated rings. The highest BCUT2D eigenvalue weighted by Crippen LogP contribution is 2.25. The molecule has 1 amide bonds. The van der Waals surface area contributed by atoms with Gasteiger partial charge < -0.3 is 4.90 Å². The number of hydrogen-bond donors (Lipinski definition) is 1. The third kappa shape index (κ3) is 4.55. The van der Waals surface area contributed by atoms with Crippen LogP contribution < -0.4 is 9.62 Å². The number of anilines is 2. The maximum Gasteiger partial charge on any atom is 0.261 e. The number of hydrogen-bond acceptors (Lipinski definition) is 5. The zero-order valence-corrected chi connectivity index (χ0v) is 16.9. The smallest absolute Gasteiger partial charge is 0.261 e. The van der Waals surface area contributed by atoms with Crippen molar-refractivity contribution >= 4 is 38.7 Å². The van der Waals surface area contributed by atoms with Crippen molar-refractivity contribution in [1.82, 2.24) is 0 Å². The van der Waals surface area contributed by atoms with E-state index in [1.54, 1.807) is 41.3 Å². The summed E-state index contributed by atoms with van der Waals surface area (Å²) < 4.78 is 27.9. The number of amides is 1. The Morgan fingerprint density at radius 2 is 1.43 bits per heavy atom. The van der Waals surface area contributed by atoms with Gasteiger partial charge in [0.2, 0.25) is 5.91 Å². The number of rotatable bonds is 6. The number of sulfonamides is 1. The minimum Gasteiger partial charge on any atom is -0.312 e. The van der Waals surface area contributed by atoms with Crippen LogP contribution in [0, 0.1) is 0 Å². The van der Waals surface area contributed by atoms with Gasteiger partial charge in [-0.1, -0.05) is 18.2 Å². The highest BCUT2D eigenvalue weighted by atomic mass is 32.2. The fourth-order valence-corrected chi connectivity index (χ4v) is 4.21. The fraction of sp³-hybridized carbons (Fsp3) is 0.136. The SMILES string of the molecule is O=C1CCCN1c1ccc(S(=O)(=O)Nc2ccc(N=Nc3ccccc3)cc2)cc1. The molecule has 1 aliphatic heterocycles. The molecule has 0 spiro atoms. The van der Waals surface area contributed by atoms with Crippen molar-refractivity contribution in [3.63, 3.8) is 0 Å². The largest absolute Gasteiger partial charge is 0.312 e. The molecule has 4 rings (SSSR count). The zero-order valence-electron chi connectivity index (χ0n) is 16.1. The van der Waals surface area contributed by atoms with Crippen LogP contribution in [0.2, 0.25) is 0 Å². The number of nitrogens with zero attached hydrogens (tertiary/aromatic N) is 3. The first-order valence-electron chi connectivity index (χ1n) is 9.51. The summed E-state index contributed by atoms with van der Waals surface area (Å²) in [6.07, 6.45) is 1.35. The van der Waals surface area contributed by atoms with E-state index >= 15 is 0 Å². The first-order valence-corrected chi connectivity index (χ1v) is 11.0. The van der Waals surface area contributed by atoms with Crippen LogP contribution in [0.3, 0.4) is 0 Å². The van der Waals surface area contributed by atoms with Gasteiger partial charge in [0.15, 0.2) is 0 Å². The van der Waals surface area contributed by atoms with Gasteiger partial charge in [-0.15, -0.1) is 0 Å². The summed E-state index contributed by atoms with van der Waals surface area (Å²) in [6, 6.07) is 22.3. The molecule has 0 aromatic heterocycles. The minimum atomic E-state index is -3.74. The number of azo groups is 1. The normalized spacial score (nSPS) is 14.4. The second-order valence-electron chi connectivity index (χ2n) is 6.83. The summed E-state index contributed by atoms with van der Waals surface area (Å²) in [4.78, 5) is 13.6. The topological polar surface area (TPSA) is 91.2 Å². The average Bonchev–Trinajstić information content (AvgIpc) is 3.20. The lowest BCUT2D eigenvalue weighted by molar-refractivity contribution is -0.117. The monoisotopic (exact) mass is 420 g/mol. The first-order chi connectivity index (χ1) is 14.5. The van der Waals surface area contributed by atoms with E-state index in [9.17, 15) is 13.2 Å². The van der Waals surface area contributed by atoms with Crippen molar-refractivity contribution in [2.75, 3.05) is 16.2 Å². The maximum atomic E-state index is 12.7. The van der Waals surface area contributed by atoms with Crippen molar-refractivity contribution < 1.29 is 13.2 Å². The van der Waals surface area contributed by atoms with Crippen molar-refractivity contribution in [2.45, 2.75) is 17.7 Å². The van der Waals surface area contributed by atoms with Crippen molar-refractivity contribution in [1.29, 1.82) is 0 Å². The molecular weight excluding hydrogens is 400 g/mol. The molecule has 1 aliphatic rings. The Kier molecular flexibility index (Phi) is 5.58. The molecular formula is C22H20N4O3S. The van der Waals surface area contributed by atoms with Gasteiger partial charge in [0.25, 0.3) is 10.0 Å². The molecule has 7 nitrogen and oxygen atoms in total. The summed E-state index contributed by atoms with van der Waals surface area (Å²) in [5.41, 5.74) is 2.49. The number of nitrogens with one attached hydrogen (secondary N) is 1. The van der Waals surface area contributed by atoms with Crippen LogP contribution in [0.1, 0.15) is 12.8 Å². The second-order valence-corrected chi connectivity index (χ2v) is 8.51. The molecule has 1 saturated heterocycles. The summed E-state index contributed by atoms with van der Waals surface area (Å²) in [5.74, 6) is 0.0632. The molecule has 3 aromatic carbocycles. The molecule has 30 heavy (non-hydrogen) atoms. The van der Waals surface area contributed by atoms with Crippen molar-refractivity contribution in [2.24, 2.45) is 10.2 Å². The molecule has 152 valence electrons. The number of carbonyl (C=O) groups excluding carboxylic acids is 1. The van der Waals surface area contributed by atoms with E-state index in [0.29, 0.717) is 30.0 Å². The molecule has 0 bridgehead atoms. The lowest BCUT2D eigenvalue weighted by Crippen LogP contribution is -2.23. The summed E-state index contributed by atoms with van der Waals surface area (Å²) in [5, 5.41) is 8.27.